The van der Waals surface area contributed by atoms with E-state index in [1.54, 1.807) is 18.2 Å². The molecule has 0 radical (unpaired) electrons. The van der Waals surface area contributed by atoms with Crippen LogP contribution < -0.4 is 10.2 Å². The molecule has 0 bridgehead atoms. The summed E-state index contributed by atoms with van der Waals surface area (Å²) in [4.78, 5) is 13.5. The van der Waals surface area contributed by atoms with Crippen LogP contribution in [0.25, 0.3) is 0 Å². The van der Waals surface area contributed by atoms with Crippen molar-refractivity contribution in [3.05, 3.63) is 64.1 Å². The van der Waals surface area contributed by atoms with Crippen LogP contribution in [0.3, 0.4) is 0 Å². The first-order valence-electron chi connectivity index (χ1n) is 7.09. The molecule has 0 fully saturated rings. The van der Waals surface area contributed by atoms with Crippen LogP contribution in [0.4, 0.5) is 5.69 Å². The quantitative estimate of drug-likeness (QED) is 0.863. The molecule has 0 heterocycles. The Kier molecular flexibility index (Phi) is 5.83. The Hall–Kier alpha value is -1.55. The van der Waals surface area contributed by atoms with Crippen LogP contribution in [0.5, 0.6) is 0 Å². The summed E-state index contributed by atoms with van der Waals surface area (Å²) < 4.78 is 0. The Bertz CT molecular complexity index is 646. The molecule has 22 heavy (non-hydrogen) atoms. The second kappa shape index (κ2) is 7.63. The molecule has 5 heteroatoms. The van der Waals surface area contributed by atoms with Gasteiger partial charge >= 0.3 is 0 Å². The zero-order chi connectivity index (χ0) is 16.1. The number of carbonyl (C=O) groups excluding carboxylic acids is 1. The summed E-state index contributed by atoms with van der Waals surface area (Å²) in [6, 6.07) is 14.9. The largest absolute Gasteiger partial charge is 0.324 e. The number of benzene rings is 2. The van der Waals surface area contributed by atoms with Crippen molar-refractivity contribution in [2.24, 2.45) is 0 Å². The van der Waals surface area contributed by atoms with E-state index in [0.717, 1.165) is 11.4 Å². The minimum Gasteiger partial charge on any atom is -0.324 e. The summed E-state index contributed by atoms with van der Waals surface area (Å²) in [5, 5.41) is 3.84. The van der Waals surface area contributed by atoms with Gasteiger partial charge in [0, 0.05) is 10.6 Å². The van der Waals surface area contributed by atoms with Crippen LogP contribution >= 0.6 is 23.2 Å². The maximum absolute atomic E-state index is 12.4. The van der Waals surface area contributed by atoms with Gasteiger partial charge in [-0.15, -0.1) is 0 Å². The third-order valence-electron chi connectivity index (χ3n) is 3.65. The number of hydrogen-bond donors (Lipinski definition) is 2. The maximum Gasteiger partial charge on any atom is 0.282 e. The molecule has 0 spiro atoms. The summed E-state index contributed by atoms with van der Waals surface area (Å²) in [5.74, 6) is -0.0716. The molecule has 2 N–H and O–H groups in total. The molecule has 3 nitrogen and oxygen atoms in total. The molecule has 2 aromatic rings. The summed E-state index contributed by atoms with van der Waals surface area (Å²) in [6.45, 7) is 2.68. The minimum atomic E-state index is -0.202. The van der Waals surface area contributed by atoms with Gasteiger partial charge in [0.15, 0.2) is 6.04 Å². The lowest BCUT2D eigenvalue weighted by atomic mass is 10.2. The number of rotatable bonds is 5. The van der Waals surface area contributed by atoms with Gasteiger partial charge in [0.05, 0.1) is 17.8 Å². The van der Waals surface area contributed by atoms with E-state index >= 15 is 0 Å². The molecule has 2 atom stereocenters. The van der Waals surface area contributed by atoms with Crippen LogP contribution in [0, 0.1) is 0 Å². The Morgan fingerprint density at radius 1 is 1.18 bits per heavy atom. The van der Waals surface area contributed by atoms with Gasteiger partial charge in [-0.2, -0.15) is 0 Å². The summed E-state index contributed by atoms with van der Waals surface area (Å²) in [5.41, 5.74) is 1.78. The average molecular weight is 338 g/mol. The second-order valence-corrected chi connectivity index (χ2v) is 6.19. The number of halogens is 2. The third kappa shape index (κ3) is 4.47. The topological polar surface area (TPSA) is 33.5 Å². The molecule has 1 unspecified atom stereocenters. The highest BCUT2D eigenvalue weighted by atomic mass is 35.5. The number of quaternary nitrogens is 1. The predicted octanol–water partition coefficient (Wildman–Crippen LogP) is 3.04. The Labute approximate surface area is 140 Å². The molecular formula is C17H19Cl2N2O+. The Balaban J connectivity index is 1.99. The highest BCUT2D eigenvalue weighted by Gasteiger charge is 2.22. The smallest absolute Gasteiger partial charge is 0.282 e. The molecule has 0 aliphatic heterocycles. The van der Waals surface area contributed by atoms with Crippen molar-refractivity contribution in [3.63, 3.8) is 0 Å². The average Bonchev–Trinajstić information content (AvgIpc) is 2.50. The van der Waals surface area contributed by atoms with Crippen LogP contribution in [0.1, 0.15) is 12.5 Å². The number of amides is 1. The van der Waals surface area contributed by atoms with Crippen LogP contribution in [0.2, 0.25) is 10.0 Å². The molecule has 0 aliphatic carbocycles. The van der Waals surface area contributed by atoms with Gasteiger partial charge in [-0.25, -0.2) is 0 Å². The molecule has 2 aromatic carbocycles. The van der Waals surface area contributed by atoms with Crippen molar-refractivity contribution in [3.8, 4) is 0 Å². The highest BCUT2D eigenvalue weighted by molar-refractivity contribution is 6.36. The molecule has 0 aliphatic rings. The first-order chi connectivity index (χ1) is 10.5. The van der Waals surface area contributed by atoms with E-state index < -0.39 is 0 Å². The second-order valence-electron chi connectivity index (χ2n) is 5.34. The van der Waals surface area contributed by atoms with Gasteiger partial charge in [0.1, 0.15) is 6.54 Å². The van der Waals surface area contributed by atoms with Crippen molar-refractivity contribution >= 4 is 34.8 Å². The van der Waals surface area contributed by atoms with Crippen molar-refractivity contribution in [1.29, 1.82) is 0 Å². The highest BCUT2D eigenvalue weighted by Crippen LogP contribution is 2.25. The number of likely N-dealkylation sites (N-methyl/N-ethyl adjacent to an activating group) is 1. The van der Waals surface area contributed by atoms with Gasteiger partial charge in [0.2, 0.25) is 0 Å². The Morgan fingerprint density at radius 3 is 2.50 bits per heavy atom. The fourth-order valence-corrected chi connectivity index (χ4v) is 2.58. The van der Waals surface area contributed by atoms with Gasteiger partial charge in [-0.1, -0.05) is 53.5 Å². The lowest BCUT2D eigenvalue weighted by Gasteiger charge is -2.21. The van der Waals surface area contributed by atoms with Gasteiger partial charge < -0.3 is 10.2 Å². The third-order valence-corrected chi connectivity index (χ3v) is 4.20. The van der Waals surface area contributed by atoms with E-state index in [-0.39, 0.29) is 11.9 Å². The monoisotopic (exact) mass is 337 g/mol. The number of anilines is 1. The van der Waals surface area contributed by atoms with E-state index in [0.29, 0.717) is 15.7 Å². The molecule has 2 rings (SSSR count). The summed E-state index contributed by atoms with van der Waals surface area (Å²) >= 11 is 11.9. The number of carbonyl (C=O) groups is 1. The number of hydrogen-bond acceptors (Lipinski definition) is 1. The SMILES string of the molecule is C[C@H](C(=O)Nc1ccc(Cl)cc1Cl)[NH+](C)Cc1ccccc1. The number of nitrogens with one attached hydrogen (secondary N) is 2. The van der Waals surface area contributed by atoms with Gasteiger partial charge in [-0.05, 0) is 25.1 Å². The predicted molar refractivity (Wildman–Crippen MR) is 91.6 cm³/mol. The standard InChI is InChI=1S/C17H18Cl2N2O/c1-12(21(2)11-13-6-4-3-5-7-13)17(22)20-16-9-8-14(18)10-15(16)19/h3-10,12H,11H2,1-2H3,(H,20,22)/p+1/t12-/m1/s1. The molecular weight excluding hydrogens is 319 g/mol. The van der Waals surface area contributed by atoms with E-state index in [9.17, 15) is 4.79 Å². The molecule has 116 valence electrons. The van der Waals surface area contributed by atoms with E-state index in [1.165, 1.54) is 5.56 Å². The zero-order valence-electron chi connectivity index (χ0n) is 12.6. The normalized spacial score (nSPS) is 13.5. The van der Waals surface area contributed by atoms with Gasteiger partial charge in [0.25, 0.3) is 5.91 Å². The molecule has 0 saturated carbocycles. The van der Waals surface area contributed by atoms with Crippen molar-refractivity contribution in [2.45, 2.75) is 19.5 Å². The van der Waals surface area contributed by atoms with Crippen molar-refractivity contribution < 1.29 is 9.69 Å². The molecule has 0 aromatic heterocycles. The van der Waals surface area contributed by atoms with Crippen molar-refractivity contribution in [2.75, 3.05) is 12.4 Å². The fourth-order valence-electron chi connectivity index (χ4n) is 2.13. The summed E-state index contributed by atoms with van der Waals surface area (Å²) in [7, 11) is 2.00. The first kappa shape index (κ1) is 16.8. The summed E-state index contributed by atoms with van der Waals surface area (Å²) in [6.07, 6.45) is 0. The lowest BCUT2D eigenvalue weighted by molar-refractivity contribution is -0.907. The molecule has 0 saturated heterocycles. The first-order valence-corrected chi connectivity index (χ1v) is 7.85. The van der Waals surface area contributed by atoms with Crippen LogP contribution in [0.15, 0.2) is 48.5 Å². The van der Waals surface area contributed by atoms with E-state index in [1.807, 2.05) is 32.2 Å². The van der Waals surface area contributed by atoms with E-state index in [2.05, 4.69) is 17.4 Å². The Morgan fingerprint density at radius 2 is 1.86 bits per heavy atom. The minimum absolute atomic E-state index is 0.0716. The van der Waals surface area contributed by atoms with Crippen molar-refractivity contribution in [1.82, 2.24) is 0 Å². The van der Waals surface area contributed by atoms with Crippen LogP contribution in [-0.2, 0) is 11.3 Å². The van der Waals surface area contributed by atoms with Crippen LogP contribution in [-0.4, -0.2) is 19.0 Å². The zero-order valence-corrected chi connectivity index (χ0v) is 14.1. The van der Waals surface area contributed by atoms with E-state index in [4.69, 9.17) is 23.2 Å². The van der Waals surface area contributed by atoms with Gasteiger partial charge in [-0.3, -0.25) is 4.79 Å². The fraction of sp³-hybridized carbons (Fsp3) is 0.235. The maximum atomic E-state index is 12.4. The lowest BCUT2D eigenvalue weighted by Crippen LogP contribution is -3.12. The molecule has 1 amide bonds.